The van der Waals surface area contributed by atoms with Crippen molar-refractivity contribution in [2.75, 3.05) is 44.8 Å². The van der Waals surface area contributed by atoms with E-state index in [1.165, 1.54) is 0 Å². The number of piperazine rings is 1. The van der Waals surface area contributed by atoms with E-state index in [1.807, 2.05) is 49.4 Å². The Labute approximate surface area is 177 Å². The number of esters is 1. The summed E-state index contributed by atoms with van der Waals surface area (Å²) in [6.45, 7) is 4.07. The van der Waals surface area contributed by atoms with Gasteiger partial charge in [-0.2, -0.15) is 0 Å². The minimum atomic E-state index is -0.734. The fraction of sp³-hybridized carbons (Fsp3) is 0.391. The molecule has 3 rings (SSSR count). The number of carbonyl (C=O) groups is 2. The van der Waals surface area contributed by atoms with Gasteiger partial charge in [0.05, 0.1) is 12.8 Å². The molecule has 0 aliphatic carbocycles. The third-order valence-electron chi connectivity index (χ3n) is 5.05. The van der Waals surface area contributed by atoms with Crippen LogP contribution in [0.5, 0.6) is 11.5 Å². The third-order valence-corrected chi connectivity index (χ3v) is 5.05. The lowest BCUT2D eigenvalue weighted by Gasteiger charge is -2.36. The predicted molar refractivity (Wildman–Crippen MR) is 114 cm³/mol. The molecular weight excluding hydrogens is 384 g/mol. The molecule has 2 aromatic rings. The van der Waals surface area contributed by atoms with Gasteiger partial charge < -0.3 is 24.0 Å². The van der Waals surface area contributed by atoms with E-state index in [0.717, 1.165) is 11.4 Å². The molecule has 1 saturated heterocycles. The Morgan fingerprint density at radius 1 is 0.967 bits per heavy atom. The quantitative estimate of drug-likeness (QED) is 0.621. The zero-order valence-corrected chi connectivity index (χ0v) is 17.5. The van der Waals surface area contributed by atoms with E-state index in [9.17, 15) is 9.59 Å². The summed E-state index contributed by atoms with van der Waals surface area (Å²) < 4.78 is 16.3. The highest BCUT2D eigenvalue weighted by Crippen LogP contribution is 2.28. The van der Waals surface area contributed by atoms with Crippen LogP contribution in [0, 0.1) is 0 Å². The van der Waals surface area contributed by atoms with Crippen LogP contribution in [0.25, 0.3) is 0 Å². The molecule has 0 aromatic heterocycles. The summed E-state index contributed by atoms with van der Waals surface area (Å²) in [6.07, 6.45) is -0.276. The van der Waals surface area contributed by atoms with E-state index in [4.69, 9.17) is 14.2 Å². The number of anilines is 1. The Balaban J connectivity index is 1.47. The van der Waals surface area contributed by atoms with Crippen molar-refractivity contribution in [3.8, 4) is 11.5 Å². The second-order valence-corrected chi connectivity index (χ2v) is 6.98. The first-order valence-electron chi connectivity index (χ1n) is 10.2. The normalized spacial score (nSPS) is 14.7. The lowest BCUT2D eigenvalue weighted by Crippen LogP contribution is -2.50. The maximum absolute atomic E-state index is 12.5. The molecule has 0 unspecified atom stereocenters. The number of carbonyl (C=O) groups excluding carboxylic acids is 2. The van der Waals surface area contributed by atoms with Crippen LogP contribution >= 0.6 is 0 Å². The van der Waals surface area contributed by atoms with Gasteiger partial charge >= 0.3 is 5.97 Å². The molecule has 0 spiro atoms. The van der Waals surface area contributed by atoms with Crippen molar-refractivity contribution < 1.29 is 23.8 Å². The summed E-state index contributed by atoms with van der Waals surface area (Å²) in [5.74, 6) is 0.690. The molecular formula is C23H28N2O5. The van der Waals surface area contributed by atoms with Crippen molar-refractivity contribution in [1.82, 2.24) is 4.90 Å². The van der Waals surface area contributed by atoms with Crippen molar-refractivity contribution in [2.45, 2.75) is 19.4 Å². The van der Waals surface area contributed by atoms with Crippen LogP contribution in [0.3, 0.4) is 0 Å². The van der Waals surface area contributed by atoms with Crippen molar-refractivity contribution >= 4 is 17.6 Å². The lowest BCUT2D eigenvalue weighted by molar-refractivity contribution is -0.158. The number of nitrogens with zero attached hydrogens (tertiary/aromatic N) is 2. The summed E-state index contributed by atoms with van der Waals surface area (Å²) in [6, 6.07) is 16.9. The largest absolute Gasteiger partial charge is 0.495 e. The molecule has 1 heterocycles. The van der Waals surface area contributed by atoms with Crippen molar-refractivity contribution in [2.24, 2.45) is 0 Å². The second-order valence-electron chi connectivity index (χ2n) is 6.98. The molecule has 7 nitrogen and oxygen atoms in total. The first-order chi connectivity index (χ1) is 14.6. The maximum atomic E-state index is 12.5. The zero-order chi connectivity index (χ0) is 21.3. The number of hydrogen-bond donors (Lipinski definition) is 0. The predicted octanol–water partition coefficient (Wildman–Crippen LogP) is 2.74. The summed E-state index contributed by atoms with van der Waals surface area (Å²) in [7, 11) is 1.65. The zero-order valence-electron chi connectivity index (χ0n) is 17.5. The minimum Gasteiger partial charge on any atom is -0.495 e. The van der Waals surface area contributed by atoms with Gasteiger partial charge in [0.15, 0.2) is 12.7 Å². The Morgan fingerprint density at radius 2 is 1.63 bits per heavy atom. The molecule has 0 N–H and O–H groups in total. The van der Waals surface area contributed by atoms with Crippen LogP contribution in [0.2, 0.25) is 0 Å². The van der Waals surface area contributed by atoms with Gasteiger partial charge in [-0.1, -0.05) is 37.3 Å². The molecule has 1 amide bonds. The van der Waals surface area contributed by atoms with Crippen LogP contribution < -0.4 is 14.4 Å². The Bertz CT molecular complexity index is 834. The summed E-state index contributed by atoms with van der Waals surface area (Å²) in [4.78, 5) is 28.7. The average molecular weight is 412 g/mol. The molecule has 1 aliphatic rings. The Kier molecular flexibility index (Phi) is 7.54. The van der Waals surface area contributed by atoms with Crippen LogP contribution in [0.1, 0.15) is 13.3 Å². The number of amides is 1. The molecule has 0 saturated carbocycles. The topological polar surface area (TPSA) is 68.3 Å². The molecule has 1 atom stereocenters. The molecule has 1 fully saturated rings. The average Bonchev–Trinajstić information content (AvgIpc) is 2.81. The highest BCUT2D eigenvalue weighted by Gasteiger charge is 2.25. The highest BCUT2D eigenvalue weighted by molar-refractivity contribution is 5.82. The second kappa shape index (κ2) is 10.5. The number of rotatable bonds is 8. The molecule has 1 aliphatic heterocycles. The van der Waals surface area contributed by atoms with Gasteiger partial charge in [-0.3, -0.25) is 4.79 Å². The molecule has 30 heavy (non-hydrogen) atoms. The third kappa shape index (κ3) is 5.43. The van der Waals surface area contributed by atoms with Gasteiger partial charge in [-0.15, -0.1) is 0 Å². The molecule has 160 valence electrons. The van der Waals surface area contributed by atoms with E-state index < -0.39 is 12.1 Å². The van der Waals surface area contributed by atoms with Gasteiger partial charge in [0, 0.05) is 26.2 Å². The van der Waals surface area contributed by atoms with Gasteiger partial charge in [-0.05, 0) is 30.7 Å². The summed E-state index contributed by atoms with van der Waals surface area (Å²) >= 11 is 0. The molecule has 0 bridgehead atoms. The van der Waals surface area contributed by atoms with E-state index in [1.54, 1.807) is 24.1 Å². The van der Waals surface area contributed by atoms with Crippen molar-refractivity contribution in [1.29, 1.82) is 0 Å². The fourth-order valence-corrected chi connectivity index (χ4v) is 3.37. The molecule has 0 radical (unpaired) electrons. The first kappa shape index (κ1) is 21.5. The van der Waals surface area contributed by atoms with E-state index >= 15 is 0 Å². The Hall–Kier alpha value is -3.22. The maximum Gasteiger partial charge on any atom is 0.347 e. The van der Waals surface area contributed by atoms with Crippen molar-refractivity contribution in [3.63, 3.8) is 0 Å². The Morgan fingerprint density at radius 3 is 2.30 bits per heavy atom. The summed E-state index contributed by atoms with van der Waals surface area (Å²) in [5.41, 5.74) is 1.02. The van der Waals surface area contributed by atoms with Crippen LogP contribution in [-0.2, 0) is 14.3 Å². The lowest BCUT2D eigenvalue weighted by atomic mass is 10.2. The van der Waals surface area contributed by atoms with Crippen LogP contribution in [-0.4, -0.2) is 62.8 Å². The van der Waals surface area contributed by atoms with Gasteiger partial charge in [0.25, 0.3) is 5.91 Å². The standard InChI is InChI=1S/C23H28N2O5/c1-3-20(30-18-9-5-4-6-10-18)23(27)29-17-22(26)25-15-13-24(14-16-25)19-11-7-8-12-21(19)28-2/h4-12,20H,3,13-17H2,1-2H3/t20-/m1/s1. The van der Waals surface area contributed by atoms with Crippen LogP contribution in [0.15, 0.2) is 54.6 Å². The van der Waals surface area contributed by atoms with Gasteiger partial charge in [0.1, 0.15) is 11.5 Å². The number of hydrogen-bond acceptors (Lipinski definition) is 6. The monoisotopic (exact) mass is 412 g/mol. The number of benzene rings is 2. The minimum absolute atomic E-state index is 0.197. The van der Waals surface area contributed by atoms with Gasteiger partial charge in [-0.25, -0.2) is 4.79 Å². The molecule has 2 aromatic carbocycles. The van der Waals surface area contributed by atoms with Crippen LogP contribution in [0.4, 0.5) is 5.69 Å². The highest BCUT2D eigenvalue weighted by atomic mass is 16.6. The van der Waals surface area contributed by atoms with Crippen molar-refractivity contribution in [3.05, 3.63) is 54.6 Å². The smallest absolute Gasteiger partial charge is 0.347 e. The SMILES string of the molecule is CC[C@@H](Oc1ccccc1)C(=O)OCC(=O)N1CCN(c2ccccc2OC)CC1. The number of para-hydroxylation sites is 3. The summed E-state index contributed by atoms with van der Waals surface area (Å²) in [5, 5.41) is 0. The number of methoxy groups -OCH3 is 1. The van der Waals surface area contributed by atoms with E-state index in [-0.39, 0.29) is 12.5 Å². The fourth-order valence-electron chi connectivity index (χ4n) is 3.37. The number of ether oxygens (including phenoxy) is 3. The van der Waals surface area contributed by atoms with E-state index in [2.05, 4.69) is 4.90 Å². The van der Waals surface area contributed by atoms with E-state index in [0.29, 0.717) is 38.3 Å². The molecule has 7 heteroatoms. The first-order valence-corrected chi connectivity index (χ1v) is 10.2. The van der Waals surface area contributed by atoms with Gasteiger partial charge in [0.2, 0.25) is 0 Å².